The second kappa shape index (κ2) is 4.15. The number of hydrogen-bond donors (Lipinski definition) is 0. The lowest BCUT2D eigenvalue weighted by Crippen LogP contribution is -2.40. The van der Waals surface area contributed by atoms with Gasteiger partial charge in [0.2, 0.25) is 11.8 Å². The van der Waals surface area contributed by atoms with Gasteiger partial charge in [0, 0.05) is 5.02 Å². The Balaban J connectivity index is 1.62. The molecule has 0 radical (unpaired) electrons. The molecule has 0 aromatic heterocycles. The standard InChI is InChI=1S/C17H13Cl2NO2/c18-7-1-4-12(19)13(5-7)20-16(21)14-8-2-3-9(11-6-10(8)11)15(14)17(20)22/h1-5,8-11,14-15H,6H2/t8-,9-,10-,11+,14-,15+/m0/s1. The van der Waals surface area contributed by atoms with Crippen LogP contribution in [-0.4, -0.2) is 11.8 Å². The maximum atomic E-state index is 12.9. The molecule has 5 heteroatoms. The minimum atomic E-state index is -0.207. The van der Waals surface area contributed by atoms with E-state index < -0.39 is 0 Å². The van der Waals surface area contributed by atoms with Gasteiger partial charge < -0.3 is 0 Å². The fraction of sp³-hybridized carbons (Fsp3) is 0.412. The van der Waals surface area contributed by atoms with Gasteiger partial charge in [-0.15, -0.1) is 0 Å². The zero-order chi connectivity index (χ0) is 15.2. The summed E-state index contributed by atoms with van der Waals surface area (Å²) in [6, 6.07) is 4.89. The van der Waals surface area contributed by atoms with Crippen LogP contribution in [0.4, 0.5) is 5.69 Å². The van der Waals surface area contributed by atoms with Crippen molar-refractivity contribution in [2.24, 2.45) is 35.5 Å². The Morgan fingerprint density at radius 3 is 2.14 bits per heavy atom. The van der Waals surface area contributed by atoms with E-state index in [1.807, 2.05) is 0 Å². The molecule has 0 unspecified atom stereocenters. The van der Waals surface area contributed by atoms with Crippen LogP contribution in [0.25, 0.3) is 0 Å². The van der Waals surface area contributed by atoms with E-state index in [9.17, 15) is 9.59 Å². The quantitative estimate of drug-likeness (QED) is 0.582. The second-order valence-electron chi connectivity index (χ2n) is 6.76. The van der Waals surface area contributed by atoms with E-state index >= 15 is 0 Å². The summed E-state index contributed by atoms with van der Waals surface area (Å²) in [6.45, 7) is 0. The van der Waals surface area contributed by atoms with Crippen LogP contribution >= 0.6 is 23.2 Å². The Hall–Kier alpha value is -1.32. The lowest BCUT2D eigenvalue weighted by Gasteiger charge is -2.37. The number of carbonyl (C=O) groups is 2. The maximum absolute atomic E-state index is 12.9. The van der Waals surface area contributed by atoms with Crippen molar-refractivity contribution >= 4 is 40.7 Å². The van der Waals surface area contributed by atoms with E-state index in [0.29, 0.717) is 27.6 Å². The maximum Gasteiger partial charge on any atom is 0.238 e. The van der Waals surface area contributed by atoms with Crippen molar-refractivity contribution in [3.8, 4) is 0 Å². The van der Waals surface area contributed by atoms with Gasteiger partial charge in [0.05, 0.1) is 22.5 Å². The Bertz CT molecular complexity index is 723. The third-order valence-electron chi connectivity index (χ3n) is 5.81. The van der Waals surface area contributed by atoms with E-state index in [-0.39, 0.29) is 35.5 Å². The molecule has 3 nitrogen and oxygen atoms in total. The van der Waals surface area contributed by atoms with Crippen LogP contribution in [-0.2, 0) is 9.59 Å². The number of imide groups is 1. The zero-order valence-corrected chi connectivity index (χ0v) is 13.1. The number of amides is 2. The number of rotatable bonds is 1. The fourth-order valence-electron chi connectivity index (χ4n) is 4.85. The predicted molar refractivity (Wildman–Crippen MR) is 83.7 cm³/mol. The molecule has 22 heavy (non-hydrogen) atoms. The van der Waals surface area contributed by atoms with Gasteiger partial charge in [-0.1, -0.05) is 35.4 Å². The normalized spacial score (nSPS) is 40.9. The highest BCUT2D eigenvalue weighted by Crippen LogP contribution is 2.65. The van der Waals surface area contributed by atoms with Crippen LogP contribution in [0, 0.1) is 35.5 Å². The molecule has 1 aromatic rings. The van der Waals surface area contributed by atoms with Gasteiger partial charge in [-0.3, -0.25) is 9.59 Å². The van der Waals surface area contributed by atoms with Crippen LogP contribution < -0.4 is 4.90 Å². The van der Waals surface area contributed by atoms with Gasteiger partial charge in [0.1, 0.15) is 0 Å². The molecule has 6 atom stereocenters. The van der Waals surface area contributed by atoms with Gasteiger partial charge in [0.25, 0.3) is 0 Å². The average Bonchev–Trinajstić information content (AvgIpc) is 3.28. The molecule has 112 valence electrons. The van der Waals surface area contributed by atoms with E-state index in [4.69, 9.17) is 23.2 Å². The molecule has 5 aliphatic rings. The van der Waals surface area contributed by atoms with E-state index in [1.54, 1.807) is 18.2 Å². The first kappa shape index (κ1) is 13.1. The van der Waals surface area contributed by atoms with E-state index in [0.717, 1.165) is 6.42 Å². The van der Waals surface area contributed by atoms with Gasteiger partial charge in [0.15, 0.2) is 0 Å². The van der Waals surface area contributed by atoms with Gasteiger partial charge in [-0.05, 0) is 48.3 Å². The van der Waals surface area contributed by atoms with Crippen LogP contribution in [0.2, 0.25) is 10.0 Å². The summed E-state index contributed by atoms with van der Waals surface area (Å²) in [4.78, 5) is 27.2. The van der Waals surface area contributed by atoms with E-state index in [2.05, 4.69) is 12.2 Å². The number of allylic oxidation sites excluding steroid dienone is 2. The summed E-state index contributed by atoms with van der Waals surface area (Å²) in [7, 11) is 0. The molecule has 1 saturated heterocycles. The van der Waals surface area contributed by atoms with Crippen molar-refractivity contribution in [3.05, 3.63) is 40.4 Å². The Kier molecular flexibility index (Phi) is 2.48. The third kappa shape index (κ3) is 1.49. The lowest BCUT2D eigenvalue weighted by molar-refractivity contribution is -0.124. The number of anilines is 1. The third-order valence-corrected chi connectivity index (χ3v) is 6.37. The molecule has 0 N–H and O–H groups in total. The zero-order valence-electron chi connectivity index (χ0n) is 11.6. The summed E-state index contributed by atoms with van der Waals surface area (Å²) in [5, 5.41) is 0.856. The molecule has 2 saturated carbocycles. The first-order valence-corrected chi connectivity index (χ1v) is 8.34. The van der Waals surface area contributed by atoms with Crippen molar-refractivity contribution < 1.29 is 9.59 Å². The summed E-state index contributed by atoms with van der Waals surface area (Å²) < 4.78 is 0. The minimum Gasteiger partial charge on any atom is -0.274 e. The molecule has 4 aliphatic carbocycles. The SMILES string of the molecule is O=C1[C@@H]2[C@H]3C=C[C@@H]([C@@H]4C[C@H]34)[C@@H]2C(=O)N1c1cc(Cl)ccc1Cl. The topological polar surface area (TPSA) is 37.4 Å². The smallest absolute Gasteiger partial charge is 0.238 e. The molecular weight excluding hydrogens is 321 g/mol. The van der Waals surface area contributed by atoms with Crippen LogP contribution in [0.3, 0.4) is 0 Å². The number of carbonyl (C=O) groups excluding carboxylic acids is 2. The van der Waals surface area contributed by atoms with Crippen molar-refractivity contribution in [1.82, 2.24) is 0 Å². The van der Waals surface area contributed by atoms with Crippen LogP contribution in [0.15, 0.2) is 30.4 Å². The lowest BCUT2D eigenvalue weighted by atomic mass is 9.63. The summed E-state index contributed by atoms with van der Waals surface area (Å²) in [5.74, 6) is 1.01. The van der Waals surface area contributed by atoms with Crippen molar-refractivity contribution in [2.75, 3.05) is 4.90 Å². The van der Waals surface area contributed by atoms with Crippen LogP contribution in [0.1, 0.15) is 6.42 Å². The molecule has 2 amide bonds. The van der Waals surface area contributed by atoms with Crippen molar-refractivity contribution in [1.29, 1.82) is 0 Å². The number of hydrogen-bond acceptors (Lipinski definition) is 2. The highest BCUT2D eigenvalue weighted by atomic mass is 35.5. The van der Waals surface area contributed by atoms with Crippen molar-refractivity contribution in [3.63, 3.8) is 0 Å². The Morgan fingerprint density at radius 1 is 0.955 bits per heavy atom. The first-order valence-electron chi connectivity index (χ1n) is 7.59. The van der Waals surface area contributed by atoms with Crippen LogP contribution in [0.5, 0.6) is 0 Å². The Morgan fingerprint density at radius 2 is 1.55 bits per heavy atom. The second-order valence-corrected chi connectivity index (χ2v) is 7.61. The number of benzene rings is 1. The average molecular weight is 334 g/mol. The molecule has 1 aromatic carbocycles. The van der Waals surface area contributed by atoms with Gasteiger partial charge in [-0.2, -0.15) is 0 Å². The number of halogens is 2. The number of nitrogens with zero attached hydrogens (tertiary/aromatic N) is 1. The molecule has 3 fully saturated rings. The van der Waals surface area contributed by atoms with Gasteiger partial charge >= 0.3 is 0 Å². The summed E-state index contributed by atoms with van der Waals surface area (Å²) >= 11 is 12.2. The summed E-state index contributed by atoms with van der Waals surface area (Å²) in [5.41, 5.74) is 0.423. The predicted octanol–water partition coefficient (Wildman–Crippen LogP) is 3.55. The molecular formula is C17H13Cl2NO2. The van der Waals surface area contributed by atoms with E-state index in [1.165, 1.54) is 4.90 Å². The molecule has 0 spiro atoms. The summed E-state index contributed by atoms with van der Waals surface area (Å²) in [6.07, 6.45) is 5.48. The molecule has 2 bridgehead atoms. The first-order chi connectivity index (χ1) is 10.6. The Labute approximate surface area is 137 Å². The highest BCUT2D eigenvalue weighted by Gasteiger charge is 2.67. The molecule has 1 heterocycles. The van der Waals surface area contributed by atoms with Gasteiger partial charge in [-0.25, -0.2) is 4.90 Å². The fourth-order valence-corrected chi connectivity index (χ4v) is 5.22. The molecule has 6 rings (SSSR count). The monoisotopic (exact) mass is 333 g/mol. The van der Waals surface area contributed by atoms with Crippen molar-refractivity contribution in [2.45, 2.75) is 6.42 Å². The highest BCUT2D eigenvalue weighted by molar-refractivity contribution is 6.37. The molecule has 1 aliphatic heterocycles. The largest absolute Gasteiger partial charge is 0.274 e. The minimum absolute atomic E-state index is 0.108.